The second kappa shape index (κ2) is 11.3. The van der Waals surface area contributed by atoms with Crippen LogP contribution < -0.4 is 0 Å². The molecule has 0 aliphatic heterocycles. The van der Waals surface area contributed by atoms with E-state index in [4.69, 9.17) is 24.9 Å². The first-order valence-corrected chi connectivity index (χ1v) is 13.6. The molecule has 0 fully saturated rings. The fourth-order valence-corrected chi connectivity index (χ4v) is 4.73. The van der Waals surface area contributed by atoms with Gasteiger partial charge in [-0.05, 0) is 35.9 Å². The second-order valence-corrected chi connectivity index (χ2v) is 9.68. The first-order valence-electron chi connectivity index (χ1n) is 13.6. The van der Waals surface area contributed by atoms with Crippen molar-refractivity contribution >= 4 is 0 Å². The molecule has 6 nitrogen and oxygen atoms in total. The highest BCUT2D eigenvalue weighted by Crippen LogP contribution is 2.31. The zero-order chi connectivity index (χ0) is 28.1. The van der Waals surface area contributed by atoms with E-state index >= 15 is 0 Å². The Balaban J connectivity index is 1.39. The standard InChI is InChI=1S/C36H24N6/c1-4-12-25(13-5-1)28-19-20-31(38-24-28)36-41-34(40-35(42-36)30-18-10-11-21-37-30)29-22-32(26-14-6-2-7-15-26)39-33(23-29)27-16-8-3-9-17-27/h1-24H. The van der Waals surface area contributed by atoms with Crippen molar-refractivity contribution in [2.45, 2.75) is 0 Å². The minimum atomic E-state index is 0.472. The third-order valence-corrected chi connectivity index (χ3v) is 6.85. The summed E-state index contributed by atoms with van der Waals surface area (Å²) >= 11 is 0. The molecule has 3 aromatic carbocycles. The molecular weight excluding hydrogens is 516 g/mol. The Hall–Kier alpha value is -5.88. The number of hydrogen-bond acceptors (Lipinski definition) is 6. The van der Waals surface area contributed by atoms with Gasteiger partial charge in [-0.1, -0.05) is 103 Å². The first kappa shape index (κ1) is 25.1. The maximum atomic E-state index is 5.00. The minimum Gasteiger partial charge on any atom is -0.253 e. The minimum absolute atomic E-state index is 0.472. The summed E-state index contributed by atoms with van der Waals surface area (Å²) in [5.41, 5.74) is 7.93. The predicted octanol–water partition coefficient (Wildman–Crippen LogP) is 8.06. The fourth-order valence-electron chi connectivity index (χ4n) is 4.73. The van der Waals surface area contributed by atoms with Crippen molar-refractivity contribution in [3.8, 4) is 68.1 Å². The molecule has 4 aromatic heterocycles. The Labute approximate surface area is 243 Å². The van der Waals surface area contributed by atoms with Gasteiger partial charge in [0.25, 0.3) is 0 Å². The molecule has 6 heteroatoms. The molecule has 0 spiro atoms. The van der Waals surface area contributed by atoms with E-state index in [1.807, 2.05) is 103 Å². The Morgan fingerprint density at radius 3 is 1.36 bits per heavy atom. The molecule has 4 heterocycles. The van der Waals surface area contributed by atoms with Gasteiger partial charge in [-0.3, -0.25) is 9.97 Å². The van der Waals surface area contributed by atoms with Crippen molar-refractivity contribution in [1.29, 1.82) is 0 Å². The summed E-state index contributed by atoms with van der Waals surface area (Å²) < 4.78 is 0. The van der Waals surface area contributed by atoms with Crippen LogP contribution in [0.4, 0.5) is 0 Å². The largest absolute Gasteiger partial charge is 0.253 e. The van der Waals surface area contributed by atoms with Crippen molar-refractivity contribution in [2.24, 2.45) is 0 Å². The van der Waals surface area contributed by atoms with Crippen LogP contribution in [0.5, 0.6) is 0 Å². The third-order valence-electron chi connectivity index (χ3n) is 6.85. The van der Waals surface area contributed by atoms with Crippen LogP contribution in [-0.2, 0) is 0 Å². The molecule has 0 atom stereocenters. The van der Waals surface area contributed by atoms with Gasteiger partial charge in [-0.2, -0.15) is 0 Å². The molecule has 0 saturated carbocycles. The van der Waals surface area contributed by atoms with E-state index in [9.17, 15) is 0 Å². The molecular formula is C36H24N6. The van der Waals surface area contributed by atoms with Gasteiger partial charge >= 0.3 is 0 Å². The molecule has 0 radical (unpaired) electrons. The summed E-state index contributed by atoms with van der Waals surface area (Å²) in [7, 11) is 0. The van der Waals surface area contributed by atoms with Gasteiger partial charge < -0.3 is 0 Å². The zero-order valence-electron chi connectivity index (χ0n) is 22.5. The Bertz CT molecular complexity index is 1890. The molecule has 7 rings (SSSR count). The van der Waals surface area contributed by atoms with Crippen molar-refractivity contribution in [1.82, 2.24) is 29.9 Å². The van der Waals surface area contributed by atoms with Crippen molar-refractivity contribution < 1.29 is 0 Å². The quantitative estimate of drug-likeness (QED) is 0.212. The highest BCUT2D eigenvalue weighted by molar-refractivity contribution is 5.75. The van der Waals surface area contributed by atoms with Crippen LogP contribution in [0.25, 0.3) is 68.1 Å². The summed E-state index contributed by atoms with van der Waals surface area (Å²) in [6.07, 6.45) is 3.58. The van der Waals surface area contributed by atoms with Crippen molar-refractivity contribution in [3.05, 3.63) is 146 Å². The summed E-state index contributed by atoms with van der Waals surface area (Å²) in [6.45, 7) is 0. The van der Waals surface area contributed by atoms with E-state index in [0.29, 0.717) is 28.9 Å². The Morgan fingerprint density at radius 1 is 0.310 bits per heavy atom. The van der Waals surface area contributed by atoms with Crippen molar-refractivity contribution in [2.75, 3.05) is 0 Å². The van der Waals surface area contributed by atoms with Gasteiger partial charge in [0.2, 0.25) is 0 Å². The predicted molar refractivity (Wildman–Crippen MR) is 166 cm³/mol. The van der Waals surface area contributed by atoms with Crippen LogP contribution in [0, 0.1) is 0 Å². The average molecular weight is 541 g/mol. The fraction of sp³-hybridized carbons (Fsp3) is 0. The first-order chi connectivity index (χ1) is 20.8. The summed E-state index contributed by atoms with van der Waals surface area (Å²) in [4.78, 5) is 28.9. The van der Waals surface area contributed by atoms with Crippen LogP contribution in [0.1, 0.15) is 0 Å². The topological polar surface area (TPSA) is 77.3 Å². The van der Waals surface area contributed by atoms with Crippen LogP contribution in [0.3, 0.4) is 0 Å². The number of nitrogens with zero attached hydrogens (tertiary/aromatic N) is 6. The lowest BCUT2D eigenvalue weighted by molar-refractivity contribution is 1.04. The highest BCUT2D eigenvalue weighted by atomic mass is 15.1. The Morgan fingerprint density at radius 2 is 0.833 bits per heavy atom. The smallest absolute Gasteiger partial charge is 0.182 e. The van der Waals surface area contributed by atoms with Crippen LogP contribution in [0.2, 0.25) is 0 Å². The molecule has 0 saturated heterocycles. The number of pyridine rings is 3. The van der Waals surface area contributed by atoms with Gasteiger partial charge in [0, 0.05) is 34.6 Å². The molecule has 0 aliphatic rings. The number of hydrogen-bond donors (Lipinski definition) is 0. The number of aromatic nitrogens is 6. The lowest BCUT2D eigenvalue weighted by atomic mass is 10.0. The maximum Gasteiger partial charge on any atom is 0.182 e. The monoisotopic (exact) mass is 540 g/mol. The van der Waals surface area contributed by atoms with Gasteiger partial charge in [0.1, 0.15) is 11.4 Å². The van der Waals surface area contributed by atoms with Gasteiger partial charge in [0.05, 0.1) is 11.4 Å². The van der Waals surface area contributed by atoms with E-state index in [2.05, 4.69) is 41.4 Å². The average Bonchev–Trinajstić information content (AvgIpc) is 3.09. The van der Waals surface area contributed by atoms with Gasteiger partial charge in [-0.15, -0.1) is 0 Å². The van der Waals surface area contributed by atoms with Gasteiger partial charge in [-0.25, -0.2) is 19.9 Å². The van der Waals surface area contributed by atoms with Crippen molar-refractivity contribution in [3.63, 3.8) is 0 Å². The molecule has 0 amide bonds. The maximum absolute atomic E-state index is 5.00. The normalized spacial score (nSPS) is 10.9. The lowest BCUT2D eigenvalue weighted by Crippen LogP contribution is -2.02. The summed E-state index contributed by atoms with van der Waals surface area (Å²) in [5, 5.41) is 0. The third kappa shape index (κ3) is 5.29. The van der Waals surface area contributed by atoms with Crippen LogP contribution in [0.15, 0.2) is 146 Å². The number of benzene rings is 3. The van der Waals surface area contributed by atoms with E-state index in [1.165, 1.54) is 0 Å². The summed E-state index contributed by atoms with van der Waals surface area (Å²) in [5.74, 6) is 1.47. The Kier molecular flexibility index (Phi) is 6.76. The SMILES string of the molecule is c1ccc(-c2ccc(-c3nc(-c4cc(-c5ccccc5)nc(-c5ccccc5)c4)nc(-c4ccccn4)n3)nc2)cc1. The zero-order valence-corrected chi connectivity index (χ0v) is 22.5. The number of rotatable bonds is 6. The molecule has 0 aliphatic carbocycles. The van der Waals surface area contributed by atoms with E-state index in [-0.39, 0.29) is 0 Å². The van der Waals surface area contributed by atoms with Gasteiger partial charge in [0.15, 0.2) is 17.5 Å². The van der Waals surface area contributed by atoms with E-state index < -0.39 is 0 Å². The molecule has 42 heavy (non-hydrogen) atoms. The van der Waals surface area contributed by atoms with E-state index in [0.717, 1.165) is 39.2 Å². The second-order valence-electron chi connectivity index (χ2n) is 9.68. The van der Waals surface area contributed by atoms with Crippen LogP contribution in [-0.4, -0.2) is 29.9 Å². The lowest BCUT2D eigenvalue weighted by Gasteiger charge is -2.11. The highest BCUT2D eigenvalue weighted by Gasteiger charge is 2.16. The molecule has 0 N–H and O–H groups in total. The molecule has 198 valence electrons. The molecule has 0 unspecified atom stereocenters. The van der Waals surface area contributed by atoms with E-state index in [1.54, 1.807) is 6.20 Å². The van der Waals surface area contributed by atoms with Crippen LogP contribution >= 0.6 is 0 Å². The molecule has 0 bridgehead atoms. The summed E-state index contributed by atoms with van der Waals surface area (Å²) in [6, 6.07) is 44.1. The molecule has 7 aromatic rings.